The fraction of sp³-hybridized carbons (Fsp3) is 0.632. The van der Waals surface area contributed by atoms with Gasteiger partial charge in [-0.05, 0) is 31.4 Å². The summed E-state index contributed by atoms with van der Waals surface area (Å²) in [6, 6.07) is 3.27. The molecule has 0 aliphatic carbocycles. The van der Waals surface area contributed by atoms with Crippen LogP contribution in [0, 0.1) is 11.6 Å². The summed E-state index contributed by atoms with van der Waals surface area (Å²) in [5.74, 6) is -0.493. The van der Waals surface area contributed by atoms with Crippen LogP contribution >= 0.6 is 0 Å². The quantitative estimate of drug-likeness (QED) is 0.402. The van der Waals surface area contributed by atoms with Crippen molar-refractivity contribution < 1.29 is 23.0 Å². The van der Waals surface area contributed by atoms with Crippen molar-refractivity contribution in [2.75, 3.05) is 53.6 Å². The summed E-state index contributed by atoms with van der Waals surface area (Å²) in [4.78, 5) is 6.47. The predicted molar refractivity (Wildman–Crippen MR) is 100 cm³/mol. The topological polar surface area (TPSA) is 55.3 Å². The molecule has 0 saturated carbocycles. The average Bonchev–Trinajstić information content (AvgIpc) is 2.67. The van der Waals surface area contributed by atoms with E-state index in [1.165, 1.54) is 12.1 Å². The van der Waals surface area contributed by atoms with Gasteiger partial charge in [0, 0.05) is 46.5 Å². The van der Waals surface area contributed by atoms with E-state index in [-0.39, 0.29) is 18.5 Å². The standard InChI is InChI=1S/C19H29F2N3O3/c1-22-19(23-8-13-27-18-5-4-15(20)14-17(18)21)24-9-6-16(7-10-24)26-12-3-11-25-2/h4-5,14,16H,3,6-13H2,1-2H3,(H,22,23). The number of rotatable bonds is 9. The van der Waals surface area contributed by atoms with E-state index < -0.39 is 11.6 Å². The third kappa shape index (κ3) is 7.30. The lowest BCUT2D eigenvalue weighted by Gasteiger charge is -2.34. The Balaban J connectivity index is 1.65. The van der Waals surface area contributed by atoms with Crippen LogP contribution < -0.4 is 10.1 Å². The Morgan fingerprint density at radius 2 is 2.00 bits per heavy atom. The molecule has 1 aliphatic heterocycles. The highest BCUT2D eigenvalue weighted by Crippen LogP contribution is 2.17. The number of guanidine groups is 1. The maximum absolute atomic E-state index is 13.5. The van der Waals surface area contributed by atoms with Crippen LogP contribution in [0.3, 0.4) is 0 Å². The Hall–Kier alpha value is -1.93. The number of piperidine rings is 1. The van der Waals surface area contributed by atoms with Crippen LogP contribution in [0.4, 0.5) is 8.78 Å². The van der Waals surface area contributed by atoms with Crippen LogP contribution in [0.5, 0.6) is 5.75 Å². The minimum absolute atomic E-state index is 0.0413. The Morgan fingerprint density at radius 1 is 1.22 bits per heavy atom. The number of aliphatic imine (C=N–C) groups is 1. The number of nitrogens with one attached hydrogen (secondary N) is 1. The minimum atomic E-state index is -0.702. The van der Waals surface area contributed by atoms with Gasteiger partial charge in [-0.15, -0.1) is 0 Å². The van der Waals surface area contributed by atoms with Crippen molar-refractivity contribution in [3.8, 4) is 5.75 Å². The molecule has 1 N–H and O–H groups in total. The molecule has 0 radical (unpaired) electrons. The number of likely N-dealkylation sites (tertiary alicyclic amines) is 1. The van der Waals surface area contributed by atoms with Gasteiger partial charge in [0.25, 0.3) is 0 Å². The van der Waals surface area contributed by atoms with E-state index in [1.54, 1.807) is 14.2 Å². The van der Waals surface area contributed by atoms with Gasteiger partial charge < -0.3 is 24.4 Å². The zero-order valence-corrected chi connectivity index (χ0v) is 16.0. The van der Waals surface area contributed by atoms with E-state index in [4.69, 9.17) is 14.2 Å². The SMILES string of the molecule is CN=C(NCCOc1ccc(F)cc1F)N1CCC(OCCCOC)CC1. The van der Waals surface area contributed by atoms with E-state index in [2.05, 4.69) is 15.2 Å². The number of methoxy groups -OCH3 is 1. The lowest BCUT2D eigenvalue weighted by Crippen LogP contribution is -2.47. The molecule has 1 saturated heterocycles. The van der Waals surface area contributed by atoms with E-state index in [1.807, 2.05) is 0 Å². The second-order valence-electron chi connectivity index (χ2n) is 6.30. The smallest absolute Gasteiger partial charge is 0.193 e. The highest BCUT2D eigenvalue weighted by atomic mass is 19.1. The molecule has 8 heteroatoms. The van der Waals surface area contributed by atoms with Gasteiger partial charge in [-0.3, -0.25) is 4.99 Å². The number of nitrogens with zero attached hydrogens (tertiary/aromatic N) is 2. The fourth-order valence-electron chi connectivity index (χ4n) is 2.94. The van der Waals surface area contributed by atoms with Crippen molar-refractivity contribution in [3.63, 3.8) is 0 Å². The van der Waals surface area contributed by atoms with Crippen LogP contribution in [0.1, 0.15) is 19.3 Å². The van der Waals surface area contributed by atoms with Crippen molar-refractivity contribution >= 4 is 5.96 Å². The number of hydrogen-bond acceptors (Lipinski definition) is 4. The summed E-state index contributed by atoms with van der Waals surface area (Å²) in [7, 11) is 3.43. The van der Waals surface area contributed by atoms with Crippen LogP contribution in [-0.4, -0.2) is 70.6 Å². The molecule has 1 heterocycles. The zero-order valence-electron chi connectivity index (χ0n) is 16.0. The third-order valence-corrected chi connectivity index (χ3v) is 4.34. The molecule has 27 heavy (non-hydrogen) atoms. The van der Waals surface area contributed by atoms with Gasteiger partial charge in [-0.1, -0.05) is 0 Å². The summed E-state index contributed by atoms with van der Waals surface area (Å²) in [5.41, 5.74) is 0. The molecule has 1 fully saturated rings. The molecule has 6 nitrogen and oxygen atoms in total. The molecule has 0 atom stereocenters. The Labute approximate surface area is 159 Å². The lowest BCUT2D eigenvalue weighted by molar-refractivity contribution is 0.00989. The number of benzene rings is 1. The third-order valence-electron chi connectivity index (χ3n) is 4.34. The molecule has 0 spiro atoms. The molecule has 0 unspecified atom stereocenters. The first-order valence-corrected chi connectivity index (χ1v) is 9.28. The highest BCUT2D eigenvalue weighted by Gasteiger charge is 2.21. The van der Waals surface area contributed by atoms with Gasteiger partial charge in [0.15, 0.2) is 17.5 Å². The monoisotopic (exact) mass is 385 g/mol. The predicted octanol–water partition coefficient (Wildman–Crippen LogP) is 2.44. The van der Waals surface area contributed by atoms with Crippen molar-refractivity contribution in [1.29, 1.82) is 0 Å². The van der Waals surface area contributed by atoms with E-state index >= 15 is 0 Å². The summed E-state index contributed by atoms with van der Waals surface area (Å²) < 4.78 is 42.6. The normalized spacial score (nSPS) is 15.9. The number of ether oxygens (including phenoxy) is 3. The first-order valence-electron chi connectivity index (χ1n) is 9.28. The average molecular weight is 385 g/mol. The Morgan fingerprint density at radius 3 is 2.67 bits per heavy atom. The van der Waals surface area contributed by atoms with Gasteiger partial charge >= 0.3 is 0 Å². The molecule has 1 aliphatic rings. The Bertz CT molecular complexity index is 594. The van der Waals surface area contributed by atoms with E-state index in [0.717, 1.165) is 57.6 Å². The zero-order chi connectivity index (χ0) is 19.5. The fourth-order valence-corrected chi connectivity index (χ4v) is 2.94. The van der Waals surface area contributed by atoms with Crippen molar-refractivity contribution in [1.82, 2.24) is 10.2 Å². The molecule has 2 rings (SSSR count). The van der Waals surface area contributed by atoms with Crippen LogP contribution in [0.2, 0.25) is 0 Å². The molecule has 1 aromatic carbocycles. The van der Waals surface area contributed by atoms with Gasteiger partial charge in [0.1, 0.15) is 12.4 Å². The van der Waals surface area contributed by atoms with E-state index in [0.29, 0.717) is 6.54 Å². The van der Waals surface area contributed by atoms with Crippen LogP contribution in [0.15, 0.2) is 23.2 Å². The molecule has 0 bridgehead atoms. The summed E-state index contributed by atoms with van der Waals surface area (Å²) in [6.45, 7) is 3.89. The maximum atomic E-state index is 13.5. The highest BCUT2D eigenvalue weighted by molar-refractivity contribution is 5.79. The number of halogens is 2. The first kappa shape index (κ1) is 21.4. The molecule has 0 aromatic heterocycles. The molecule has 0 amide bonds. The largest absolute Gasteiger partial charge is 0.489 e. The van der Waals surface area contributed by atoms with Crippen molar-refractivity contribution in [2.24, 2.45) is 4.99 Å². The summed E-state index contributed by atoms with van der Waals surface area (Å²) in [6.07, 6.45) is 3.09. The van der Waals surface area contributed by atoms with Crippen molar-refractivity contribution in [3.05, 3.63) is 29.8 Å². The van der Waals surface area contributed by atoms with Gasteiger partial charge in [0.05, 0.1) is 12.6 Å². The lowest BCUT2D eigenvalue weighted by atomic mass is 10.1. The number of hydrogen-bond donors (Lipinski definition) is 1. The Kier molecular flexibility index (Phi) is 9.27. The minimum Gasteiger partial charge on any atom is -0.489 e. The second kappa shape index (κ2) is 11.7. The van der Waals surface area contributed by atoms with Gasteiger partial charge in [-0.2, -0.15) is 0 Å². The van der Waals surface area contributed by atoms with Crippen LogP contribution in [0.25, 0.3) is 0 Å². The second-order valence-corrected chi connectivity index (χ2v) is 6.30. The first-order chi connectivity index (χ1) is 13.1. The maximum Gasteiger partial charge on any atom is 0.193 e. The van der Waals surface area contributed by atoms with Crippen molar-refractivity contribution in [2.45, 2.75) is 25.4 Å². The van der Waals surface area contributed by atoms with Gasteiger partial charge in [-0.25, -0.2) is 8.78 Å². The molecule has 1 aromatic rings. The van der Waals surface area contributed by atoms with Crippen LogP contribution in [-0.2, 0) is 9.47 Å². The molecular weight excluding hydrogens is 356 g/mol. The molecular formula is C19H29F2N3O3. The van der Waals surface area contributed by atoms with Gasteiger partial charge in [0.2, 0.25) is 0 Å². The van der Waals surface area contributed by atoms with E-state index in [9.17, 15) is 8.78 Å². The molecule has 152 valence electrons. The summed E-state index contributed by atoms with van der Waals surface area (Å²) >= 11 is 0. The summed E-state index contributed by atoms with van der Waals surface area (Å²) in [5, 5.41) is 3.21.